The fourth-order valence-electron chi connectivity index (χ4n) is 2.10. The first-order valence-electron chi connectivity index (χ1n) is 6.80. The summed E-state index contributed by atoms with van der Waals surface area (Å²) in [5.41, 5.74) is 1.95. The van der Waals surface area contributed by atoms with E-state index in [1.807, 2.05) is 19.9 Å². The largest absolute Gasteiger partial charge is 0.478 e. The molecule has 2 amide bonds. The number of anilines is 1. The molecule has 1 unspecified atom stereocenters. The predicted octanol–water partition coefficient (Wildman–Crippen LogP) is 2.55. The van der Waals surface area contributed by atoms with E-state index in [1.165, 1.54) is 6.07 Å². The molecule has 1 atom stereocenters. The van der Waals surface area contributed by atoms with Crippen molar-refractivity contribution in [3.05, 3.63) is 28.8 Å². The second-order valence-corrected chi connectivity index (χ2v) is 4.97. The van der Waals surface area contributed by atoms with E-state index in [0.29, 0.717) is 17.9 Å². The molecule has 1 aromatic rings. The smallest absolute Gasteiger partial charge is 0.337 e. The van der Waals surface area contributed by atoms with E-state index in [0.717, 1.165) is 12.0 Å². The van der Waals surface area contributed by atoms with Gasteiger partial charge in [-0.1, -0.05) is 13.0 Å². The number of methoxy groups -OCH3 is 1. The summed E-state index contributed by atoms with van der Waals surface area (Å²) < 4.78 is 5.01. The van der Waals surface area contributed by atoms with Gasteiger partial charge in [-0.3, -0.25) is 0 Å². The van der Waals surface area contributed by atoms with Gasteiger partial charge in [-0.05, 0) is 37.5 Å². The Labute approximate surface area is 124 Å². The van der Waals surface area contributed by atoms with Crippen LogP contribution in [0.1, 0.15) is 34.8 Å². The Bertz CT molecular complexity index is 529. The quantitative estimate of drug-likeness (QED) is 0.752. The third-order valence-electron chi connectivity index (χ3n) is 3.14. The molecule has 0 aliphatic carbocycles. The lowest BCUT2D eigenvalue weighted by Crippen LogP contribution is -2.40. The first-order chi connectivity index (χ1) is 9.88. The fourth-order valence-corrected chi connectivity index (χ4v) is 2.10. The first-order valence-corrected chi connectivity index (χ1v) is 6.80. The lowest BCUT2D eigenvalue weighted by atomic mass is 10.0. The average molecular weight is 294 g/mol. The molecule has 0 aliphatic rings. The maximum atomic E-state index is 12.0. The van der Waals surface area contributed by atoms with Gasteiger partial charge in [0.1, 0.15) is 0 Å². The van der Waals surface area contributed by atoms with Crippen molar-refractivity contribution in [3.63, 3.8) is 0 Å². The van der Waals surface area contributed by atoms with Gasteiger partial charge in [0.05, 0.1) is 23.9 Å². The zero-order chi connectivity index (χ0) is 16.0. The Morgan fingerprint density at radius 2 is 2.00 bits per heavy atom. The van der Waals surface area contributed by atoms with Gasteiger partial charge in [-0.15, -0.1) is 0 Å². The molecule has 1 rings (SSSR count). The van der Waals surface area contributed by atoms with Gasteiger partial charge >= 0.3 is 12.0 Å². The van der Waals surface area contributed by atoms with Crippen LogP contribution in [0.4, 0.5) is 10.5 Å². The standard InChI is InChI=1S/C15H22N2O4/c1-5-11(8-21-4)16-15(20)17-13-10(3)6-9(2)7-12(13)14(18)19/h6-7,11H,5,8H2,1-4H3,(H,18,19)(H2,16,17,20). The van der Waals surface area contributed by atoms with Crippen molar-refractivity contribution in [2.75, 3.05) is 19.0 Å². The number of carboxylic acids is 1. The van der Waals surface area contributed by atoms with Crippen LogP contribution in [0.5, 0.6) is 0 Å². The van der Waals surface area contributed by atoms with Crippen LogP contribution in [-0.4, -0.2) is 36.9 Å². The summed E-state index contributed by atoms with van der Waals surface area (Å²) in [5.74, 6) is -1.07. The van der Waals surface area contributed by atoms with Crippen molar-refractivity contribution < 1.29 is 19.4 Å². The molecule has 3 N–H and O–H groups in total. The van der Waals surface area contributed by atoms with Crippen LogP contribution in [0.25, 0.3) is 0 Å². The summed E-state index contributed by atoms with van der Waals surface area (Å²) in [6.07, 6.45) is 0.722. The van der Waals surface area contributed by atoms with Crippen LogP contribution in [-0.2, 0) is 4.74 Å². The number of benzene rings is 1. The summed E-state index contributed by atoms with van der Waals surface area (Å²) >= 11 is 0. The van der Waals surface area contributed by atoms with Gasteiger partial charge < -0.3 is 20.5 Å². The SMILES string of the molecule is CCC(COC)NC(=O)Nc1c(C)cc(C)cc1C(=O)O. The summed E-state index contributed by atoms with van der Waals surface area (Å²) in [6.45, 7) is 5.92. The minimum Gasteiger partial charge on any atom is -0.478 e. The van der Waals surface area contributed by atoms with Crippen molar-refractivity contribution in [1.82, 2.24) is 5.32 Å². The topological polar surface area (TPSA) is 87.7 Å². The first kappa shape index (κ1) is 17.0. The molecule has 21 heavy (non-hydrogen) atoms. The monoisotopic (exact) mass is 294 g/mol. The lowest BCUT2D eigenvalue weighted by Gasteiger charge is -2.18. The number of hydrogen-bond donors (Lipinski definition) is 3. The number of hydrogen-bond acceptors (Lipinski definition) is 3. The van der Waals surface area contributed by atoms with Gasteiger partial charge in [-0.2, -0.15) is 0 Å². The van der Waals surface area contributed by atoms with Crippen molar-refractivity contribution >= 4 is 17.7 Å². The van der Waals surface area contributed by atoms with Crippen molar-refractivity contribution in [1.29, 1.82) is 0 Å². The van der Waals surface area contributed by atoms with Crippen LogP contribution in [0.2, 0.25) is 0 Å². The highest BCUT2D eigenvalue weighted by Gasteiger charge is 2.17. The molecule has 0 aliphatic heterocycles. The van der Waals surface area contributed by atoms with E-state index in [9.17, 15) is 14.7 Å². The number of nitrogens with one attached hydrogen (secondary N) is 2. The zero-order valence-corrected chi connectivity index (χ0v) is 12.8. The molecule has 116 valence electrons. The highest BCUT2D eigenvalue weighted by Crippen LogP contribution is 2.22. The Morgan fingerprint density at radius 3 is 2.52 bits per heavy atom. The van der Waals surface area contributed by atoms with Gasteiger partial charge in [0.25, 0.3) is 0 Å². The third-order valence-corrected chi connectivity index (χ3v) is 3.14. The zero-order valence-electron chi connectivity index (χ0n) is 12.8. The Morgan fingerprint density at radius 1 is 1.33 bits per heavy atom. The summed E-state index contributed by atoms with van der Waals surface area (Å²) in [4.78, 5) is 23.3. The summed E-state index contributed by atoms with van der Waals surface area (Å²) in [7, 11) is 1.56. The molecule has 1 aromatic carbocycles. The third kappa shape index (κ3) is 4.75. The van der Waals surface area contributed by atoms with E-state index < -0.39 is 12.0 Å². The van der Waals surface area contributed by atoms with Crippen LogP contribution < -0.4 is 10.6 Å². The minimum absolute atomic E-state index is 0.0856. The number of aryl methyl sites for hydroxylation is 2. The van der Waals surface area contributed by atoms with Crippen molar-refractivity contribution in [2.24, 2.45) is 0 Å². The Kier molecular flexibility index (Phi) is 6.17. The number of carboxylic acid groups (broad SMARTS) is 1. The van der Waals surface area contributed by atoms with Crippen LogP contribution in [0.15, 0.2) is 12.1 Å². The van der Waals surface area contributed by atoms with Crippen molar-refractivity contribution in [2.45, 2.75) is 33.2 Å². The predicted molar refractivity (Wildman–Crippen MR) is 81.0 cm³/mol. The normalized spacial score (nSPS) is 11.8. The Hall–Kier alpha value is -2.08. The molecule has 0 bridgehead atoms. The highest BCUT2D eigenvalue weighted by molar-refractivity contribution is 6.01. The number of carbonyl (C=O) groups is 2. The number of carbonyl (C=O) groups excluding carboxylic acids is 1. The molecule has 6 heteroatoms. The average Bonchev–Trinajstić information content (AvgIpc) is 2.40. The molecule has 0 saturated heterocycles. The Balaban J connectivity index is 2.92. The molecule has 0 radical (unpaired) electrons. The summed E-state index contributed by atoms with van der Waals surface area (Å²) in [5, 5.41) is 14.6. The van der Waals surface area contributed by atoms with E-state index in [4.69, 9.17) is 4.74 Å². The van der Waals surface area contributed by atoms with E-state index in [2.05, 4.69) is 10.6 Å². The number of rotatable bonds is 6. The van der Waals surface area contributed by atoms with Gasteiger partial charge in [0.2, 0.25) is 0 Å². The lowest BCUT2D eigenvalue weighted by molar-refractivity contribution is 0.0698. The van der Waals surface area contributed by atoms with E-state index in [1.54, 1.807) is 14.0 Å². The maximum Gasteiger partial charge on any atom is 0.337 e. The molecule has 0 spiro atoms. The van der Waals surface area contributed by atoms with Crippen LogP contribution in [0, 0.1) is 13.8 Å². The molecule has 6 nitrogen and oxygen atoms in total. The molecular weight excluding hydrogens is 272 g/mol. The van der Waals surface area contributed by atoms with E-state index in [-0.39, 0.29) is 11.6 Å². The molecular formula is C15H22N2O4. The minimum atomic E-state index is -1.07. The van der Waals surface area contributed by atoms with Crippen LogP contribution >= 0.6 is 0 Å². The molecule has 0 aromatic heterocycles. The summed E-state index contributed by atoms with van der Waals surface area (Å²) in [6, 6.07) is 2.81. The van der Waals surface area contributed by atoms with Gasteiger partial charge in [-0.25, -0.2) is 9.59 Å². The molecule has 0 heterocycles. The number of aromatic carboxylic acids is 1. The second-order valence-electron chi connectivity index (χ2n) is 4.97. The van der Waals surface area contributed by atoms with Crippen LogP contribution in [0.3, 0.4) is 0 Å². The number of amides is 2. The molecule has 0 fully saturated rings. The van der Waals surface area contributed by atoms with Crippen molar-refractivity contribution in [3.8, 4) is 0 Å². The van der Waals surface area contributed by atoms with E-state index >= 15 is 0 Å². The van der Waals surface area contributed by atoms with Gasteiger partial charge in [0, 0.05) is 7.11 Å². The number of ether oxygens (including phenoxy) is 1. The maximum absolute atomic E-state index is 12.0. The molecule has 0 saturated carbocycles. The van der Waals surface area contributed by atoms with Gasteiger partial charge in [0.15, 0.2) is 0 Å². The fraction of sp³-hybridized carbons (Fsp3) is 0.467. The highest BCUT2D eigenvalue weighted by atomic mass is 16.5. The number of urea groups is 1. The second kappa shape index (κ2) is 7.64.